The van der Waals surface area contributed by atoms with Gasteiger partial charge in [-0.1, -0.05) is 0 Å². The van der Waals surface area contributed by atoms with Crippen LogP contribution in [0.1, 0.15) is 16.7 Å². The van der Waals surface area contributed by atoms with E-state index in [1.54, 1.807) is 6.07 Å². The Morgan fingerprint density at radius 3 is 2.63 bits per heavy atom. The minimum Gasteiger partial charge on any atom is -0.380 e. The first-order valence-electron chi connectivity index (χ1n) is 5.37. The van der Waals surface area contributed by atoms with E-state index in [1.807, 2.05) is 16.8 Å². The topological polar surface area (TPSA) is 35.8 Å². The van der Waals surface area contributed by atoms with Crippen LogP contribution in [0.4, 0.5) is 18.9 Å². The molecule has 1 aromatic carbocycles. The van der Waals surface area contributed by atoms with Gasteiger partial charge in [0.2, 0.25) is 0 Å². The maximum absolute atomic E-state index is 12.5. The van der Waals surface area contributed by atoms with Crippen LogP contribution in [-0.2, 0) is 12.7 Å². The van der Waals surface area contributed by atoms with Gasteiger partial charge >= 0.3 is 6.18 Å². The van der Waals surface area contributed by atoms with Gasteiger partial charge in [0.15, 0.2) is 0 Å². The van der Waals surface area contributed by atoms with Gasteiger partial charge in [0, 0.05) is 6.54 Å². The second-order valence-corrected chi connectivity index (χ2v) is 4.64. The van der Waals surface area contributed by atoms with Crippen molar-refractivity contribution in [1.82, 2.24) is 0 Å². The summed E-state index contributed by atoms with van der Waals surface area (Å²) in [6.45, 7) is 0.476. The van der Waals surface area contributed by atoms with Crippen LogP contribution in [0.2, 0.25) is 0 Å². The van der Waals surface area contributed by atoms with Crippen LogP contribution in [0, 0.1) is 11.3 Å². The van der Waals surface area contributed by atoms with Crippen LogP contribution >= 0.6 is 11.3 Å². The molecule has 0 atom stereocenters. The number of nitrogens with one attached hydrogen (secondary N) is 1. The molecule has 0 saturated carbocycles. The zero-order valence-corrected chi connectivity index (χ0v) is 10.5. The number of anilines is 1. The molecule has 0 saturated heterocycles. The van der Waals surface area contributed by atoms with Crippen LogP contribution in [0.5, 0.6) is 0 Å². The van der Waals surface area contributed by atoms with E-state index in [9.17, 15) is 13.2 Å². The van der Waals surface area contributed by atoms with Crippen molar-refractivity contribution in [1.29, 1.82) is 5.26 Å². The molecule has 19 heavy (non-hydrogen) atoms. The number of nitrogens with zero attached hydrogens (tertiary/aromatic N) is 1. The SMILES string of the molecule is N#Cc1cc(C(F)(F)F)ccc1NCc1ccsc1. The summed E-state index contributed by atoms with van der Waals surface area (Å²) < 4.78 is 37.5. The van der Waals surface area contributed by atoms with Gasteiger partial charge in [-0.2, -0.15) is 29.8 Å². The van der Waals surface area contributed by atoms with E-state index in [0.29, 0.717) is 12.2 Å². The summed E-state index contributed by atoms with van der Waals surface area (Å²) in [5, 5.41) is 15.7. The lowest BCUT2D eigenvalue weighted by atomic mass is 10.1. The van der Waals surface area contributed by atoms with Gasteiger partial charge in [-0.3, -0.25) is 0 Å². The molecule has 0 unspecified atom stereocenters. The molecule has 0 spiro atoms. The van der Waals surface area contributed by atoms with Crippen molar-refractivity contribution in [2.75, 3.05) is 5.32 Å². The van der Waals surface area contributed by atoms with E-state index in [-0.39, 0.29) is 5.56 Å². The fourth-order valence-electron chi connectivity index (χ4n) is 1.56. The number of thiophene rings is 1. The second-order valence-electron chi connectivity index (χ2n) is 3.86. The Kier molecular flexibility index (Phi) is 3.76. The van der Waals surface area contributed by atoms with Gasteiger partial charge in [-0.25, -0.2) is 0 Å². The molecule has 0 radical (unpaired) electrons. The maximum Gasteiger partial charge on any atom is 0.416 e. The third-order valence-corrected chi connectivity index (χ3v) is 3.26. The Morgan fingerprint density at radius 1 is 1.26 bits per heavy atom. The highest BCUT2D eigenvalue weighted by Gasteiger charge is 2.31. The molecule has 0 fully saturated rings. The van der Waals surface area contributed by atoms with Gasteiger partial charge in [0.25, 0.3) is 0 Å². The monoisotopic (exact) mass is 282 g/mol. The molecule has 2 nitrogen and oxygen atoms in total. The molecule has 1 N–H and O–H groups in total. The average Bonchev–Trinajstić information content (AvgIpc) is 2.88. The Hall–Kier alpha value is -2.00. The predicted molar refractivity (Wildman–Crippen MR) is 67.8 cm³/mol. The Bertz CT molecular complexity index is 597. The summed E-state index contributed by atoms with van der Waals surface area (Å²) in [7, 11) is 0. The summed E-state index contributed by atoms with van der Waals surface area (Å²) >= 11 is 1.54. The molecular weight excluding hydrogens is 273 g/mol. The van der Waals surface area contributed by atoms with Crippen LogP contribution in [0.15, 0.2) is 35.0 Å². The van der Waals surface area contributed by atoms with E-state index in [0.717, 1.165) is 17.7 Å². The van der Waals surface area contributed by atoms with Crippen LogP contribution in [-0.4, -0.2) is 0 Å². The summed E-state index contributed by atoms with van der Waals surface area (Å²) in [6.07, 6.45) is -4.43. The number of halogens is 3. The Balaban J connectivity index is 2.20. The van der Waals surface area contributed by atoms with Crippen LogP contribution in [0.25, 0.3) is 0 Å². The molecule has 0 amide bonds. The van der Waals surface area contributed by atoms with Gasteiger partial charge in [0.05, 0.1) is 16.8 Å². The smallest absolute Gasteiger partial charge is 0.380 e. The molecule has 0 aliphatic carbocycles. The van der Waals surface area contributed by atoms with Crippen molar-refractivity contribution in [3.8, 4) is 6.07 Å². The van der Waals surface area contributed by atoms with E-state index < -0.39 is 11.7 Å². The standard InChI is InChI=1S/C13H9F3N2S/c14-13(15,16)11-1-2-12(10(5-11)6-17)18-7-9-3-4-19-8-9/h1-5,8,18H,7H2. The fraction of sp³-hybridized carbons (Fsp3) is 0.154. The molecule has 2 aromatic rings. The van der Waals surface area contributed by atoms with Crippen molar-refractivity contribution < 1.29 is 13.2 Å². The van der Waals surface area contributed by atoms with Crippen LogP contribution < -0.4 is 5.32 Å². The predicted octanol–water partition coefficient (Wildman–Crippen LogP) is 4.25. The van der Waals surface area contributed by atoms with Crippen molar-refractivity contribution >= 4 is 17.0 Å². The Labute approximate surface area is 112 Å². The summed E-state index contributed by atoms with van der Waals surface area (Å²) in [4.78, 5) is 0. The average molecular weight is 282 g/mol. The lowest BCUT2D eigenvalue weighted by Gasteiger charge is -2.11. The third kappa shape index (κ3) is 3.26. The lowest BCUT2D eigenvalue weighted by molar-refractivity contribution is -0.137. The number of hydrogen-bond donors (Lipinski definition) is 1. The number of alkyl halides is 3. The molecule has 2 rings (SSSR count). The molecule has 98 valence electrons. The van der Waals surface area contributed by atoms with Crippen LogP contribution in [0.3, 0.4) is 0 Å². The minimum atomic E-state index is -4.43. The normalized spacial score (nSPS) is 11.1. The number of nitriles is 1. The van der Waals surface area contributed by atoms with Crippen molar-refractivity contribution in [3.63, 3.8) is 0 Å². The van der Waals surface area contributed by atoms with E-state index in [4.69, 9.17) is 5.26 Å². The third-order valence-electron chi connectivity index (χ3n) is 2.53. The number of benzene rings is 1. The van der Waals surface area contributed by atoms with Crippen molar-refractivity contribution in [3.05, 3.63) is 51.7 Å². The highest BCUT2D eigenvalue weighted by atomic mass is 32.1. The fourth-order valence-corrected chi connectivity index (χ4v) is 2.23. The van der Waals surface area contributed by atoms with E-state index in [2.05, 4.69) is 5.32 Å². The largest absolute Gasteiger partial charge is 0.416 e. The maximum atomic E-state index is 12.5. The first kappa shape index (κ1) is 13.4. The van der Waals surface area contributed by atoms with E-state index in [1.165, 1.54) is 17.4 Å². The highest BCUT2D eigenvalue weighted by molar-refractivity contribution is 7.07. The quantitative estimate of drug-likeness (QED) is 0.913. The molecule has 0 aliphatic rings. The zero-order chi connectivity index (χ0) is 13.9. The highest BCUT2D eigenvalue weighted by Crippen LogP contribution is 2.31. The minimum absolute atomic E-state index is 0.00921. The molecule has 0 aliphatic heterocycles. The number of hydrogen-bond acceptors (Lipinski definition) is 3. The van der Waals surface area contributed by atoms with Gasteiger partial charge in [0.1, 0.15) is 6.07 Å². The van der Waals surface area contributed by atoms with Gasteiger partial charge < -0.3 is 5.32 Å². The lowest BCUT2D eigenvalue weighted by Crippen LogP contribution is -2.07. The summed E-state index contributed by atoms with van der Waals surface area (Å²) in [5.41, 5.74) is 0.602. The second kappa shape index (κ2) is 5.33. The van der Waals surface area contributed by atoms with Crippen molar-refractivity contribution in [2.24, 2.45) is 0 Å². The molecule has 6 heteroatoms. The molecule has 0 bridgehead atoms. The molecular formula is C13H9F3N2S. The molecule has 1 aromatic heterocycles. The van der Waals surface area contributed by atoms with Gasteiger partial charge in [-0.05, 0) is 40.6 Å². The summed E-state index contributed by atoms with van der Waals surface area (Å²) in [5.74, 6) is 0. The summed E-state index contributed by atoms with van der Waals surface area (Å²) in [6, 6.07) is 6.80. The Morgan fingerprint density at radius 2 is 2.05 bits per heavy atom. The van der Waals surface area contributed by atoms with E-state index >= 15 is 0 Å². The van der Waals surface area contributed by atoms with Gasteiger partial charge in [-0.15, -0.1) is 0 Å². The first-order valence-corrected chi connectivity index (χ1v) is 6.31. The first-order chi connectivity index (χ1) is 9.00. The van der Waals surface area contributed by atoms with Crippen molar-refractivity contribution in [2.45, 2.75) is 12.7 Å². The zero-order valence-electron chi connectivity index (χ0n) is 9.66. The number of rotatable bonds is 3. The molecule has 1 heterocycles.